The van der Waals surface area contributed by atoms with Crippen molar-refractivity contribution in [2.75, 3.05) is 7.05 Å². The van der Waals surface area contributed by atoms with Gasteiger partial charge in [0.25, 0.3) is 0 Å². The maximum absolute atomic E-state index is 11.3. The van der Waals surface area contributed by atoms with Gasteiger partial charge in [-0.2, -0.15) is 0 Å². The fraction of sp³-hybridized carbons (Fsp3) is 0.143. The predicted octanol–water partition coefficient (Wildman–Crippen LogP) is 2.80. The molecule has 0 aromatic carbocycles. The topological polar surface area (TPSA) is 49.7 Å². The number of hydrogen-bond donors (Lipinski definition) is 1. The molecule has 0 aliphatic heterocycles. The third-order valence-electron chi connectivity index (χ3n) is 2.05. The fourth-order valence-corrected chi connectivity index (χ4v) is 1.39. The van der Waals surface area contributed by atoms with E-state index in [0.717, 1.165) is 0 Å². The summed E-state index contributed by atoms with van der Waals surface area (Å²) in [5.41, 5.74) is 1.10. The van der Waals surface area contributed by atoms with Gasteiger partial charge < -0.3 is 5.11 Å². The molecule has 0 aliphatic carbocycles. The van der Waals surface area contributed by atoms with E-state index in [0.29, 0.717) is 11.1 Å². The molecule has 17 heavy (non-hydrogen) atoms. The molecule has 0 aliphatic rings. The zero-order valence-corrected chi connectivity index (χ0v) is 9.97. The van der Waals surface area contributed by atoms with Crippen molar-refractivity contribution >= 4 is 12.2 Å². The molecule has 1 N–H and O–H groups in total. The van der Waals surface area contributed by atoms with Crippen molar-refractivity contribution in [3.63, 3.8) is 0 Å². The quantitative estimate of drug-likeness (QED) is 0.541. The van der Waals surface area contributed by atoms with Crippen LogP contribution in [0.1, 0.15) is 0 Å². The van der Waals surface area contributed by atoms with Gasteiger partial charge in [-0.05, 0) is 11.1 Å². The van der Waals surface area contributed by atoms with Crippen molar-refractivity contribution < 1.29 is 9.90 Å². The lowest BCUT2D eigenvalue weighted by molar-refractivity contribution is -0.138. The SMILES string of the molecule is C=C/C=C(\C=NC)C(C(=O)O)/C(C=C)=C/C=C. The summed E-state index contributed by atoms with van der Waals surface area (Å²) in [6, 6.07) is 0. The standard InChI is InChI=1S/C14H17NO2/c1-5-8-11(7-3)13(14(16)17)12(9-6-2)10-15-4/h5-10,13H,1-3H2,4H3,(H,16,17)/b11-8+,12-9+,15-10?. The number of aliphatic carboxylic acids is 1. The molecule has 0 spiro atoms. The summed E-state index contributed by atoms with van der Waals surface area (Å²) in [5.74, 6) is -1.78. The molecule has 0 aromatic heterocycles. The van der Waals surface area contributed by atoms with Gasteiger partial charge in [-0.25, -0.2) is 0 Å². The highest BCUT2D eigenvalue weighted by Gasteiger charge is 2.23. The van der Waals surface area contributed by atoms with Crippen molar-refractivity contribution in [2.24, 2.45) is 10.9 Å². The molecule has 0 rings (SSSR count). The van der Waals surface area contributed by atoms with Crippen molar-refractivity contribution in [1.82, 2.24) is 0 Å². The number of hydrogen-bond acceptors (Lipinski definition) is 2. The Kier molecular flexibility index (Phi) is 7.02. The molecule has 0 saturated heterocycles. The molecule has 0 heterocycles. The van der Waals surface area contributed by atoms with Crippen molar-refractivity contribution in [1.29, 1.82) is 0 Å². The van der Waals surface area contributed by atoms with Gasteiger partial charge in [-0.15, -0.1) is 0 Å². The van der Waals surface area contributed by atoms with Crippen LogP contribution in [0.2, 0.25) is 0 Å². The minimum atomic E-state index is -0.967. The van der Waals surface area contributed by atoms with Gasteiger partial charge in [-0.3, -0.25) is 9.79 Å². The zero-order chi connectivity index (χ0) is 13.3. The van der Waals surface area contributed by atoms with E-state index in [1.54, 1.807) is 19.2 Å². The molecule has 0 aromatic rings. The number of aliphatic imine (C=N–C) groups is 1. The normalized spacial score (nSPS) is 14.4. The van der Waals surface area contributed by atoms with Gasteiger partial charge in [0.15, 0.2) is 0 Å². The predicted molar refractivity (Wildman–Crippen MR) is 72.3 cm³/mol. The van der Waals surface area contributed by atoms with Gasteiger partial charge in [0, 0.05) is 13.3 Å². The van der Waals surface area contributed by atoms with Crippen LogP contribution < -0.4 is 0 Å². The molecular formula is C14H17NO2. The Balaban J connectivity index is 5.62. The van der Waals surface area contributed by atoms with Gasteiger partial charge in [0.1, 0.15) is 5.92 Å². The lowest BCUT2D eigenvalue weighted by Crippen LogP contribution is -2.19. The monoisotopic (exact) mass is 231 g/mol. The first-order chi connectivity index (χ1) is 8.12. The Morgan fingerprint density at radius 3 is 2.06 bits per heavy atom. The Morgan fingerprint density at radius 1 is 1.18 bits per heavy atom. The first-order valence-electron chi connectivity index (χ1n) is 5.05. The Morgan fingerprint density at radius 2 is 1.71 bits per heavy atom. The van der Waals surface area contributed by atoms with Crippen LogP contribution in [0.4, 0.5) is 0 Å². The lowest BCUT2D eigenvalue weighted by Gasteiger charge is -2.14. The summed E-state index contributed by atoms with van der Waals surface area (Å²) in [5, 5.41) is 9.27. The molecule has 3 heteroatoms. The molecule has 0 amide bonds. The van der Waals surface area contributed by atoms with Crippen LogP contribution in [0.3, 0.4) is 0 Å². The molecule has 90 valence electrons. The second-order valence-corrected chi connectivity index (χ2v) is 3.17. The van der Waals surface area contributed by atoms with Crippen LogP contribution in [0.15, 0.2) is 66.3 Å². The minimum absolute atomic E-state index is 0.544. The Bertz CT molecular complexity index is 400. The summed E-state index contributed by atoms with van der Waals surface area (Å²) in [6.45, 7) is 10.7. The third kappa shape index (κ3) is 4.47. The maximum atomic E-state index is 11.3. The summed E-state index contributed by atoms with van der Waals surface area (Å²) in [7, 11) is 1.58. The first-order valence-corrected chi connectivity index (χ1v) is 5.05. The lowest BCUT2D eigenvalue weighted by atomic mass is 9.90. The molecule has 3 nitrogen and oxygen atoms in total. The van der Waals surface area contributed by atoms with E-state index in [-0.39, 0.29) is 0 Å². The van der Waals surface area contributed by atoms with Gasteiger partial charge >= 0.3 is 5.97 Å². The van der Waals surface area contributed by atoms with E-state index in [1.807, 2.05) is 0 Å². The molecular weight excluding hydrogens is 214 g/mol. The fourth-order valence-electron chi connectivity index (χ4n) is 1.39. The van der Waals surface area contributed by atoms with Gasteiger partial charge in [0.05, 0.1) is 0 Å². The van der Waals surface area contributed by atoms with Crippen molar-refractivity contribution in [3.05, 3.63) is 61.3 Å². The number of nitrogens with zero attached hydrogens (tertiary/aromatic N) is 1. The second kappa shape index (κ2) is 8.05. The van der Waals surface area contributed by atoms with Crippen molar-refractivity contribution in [3.8, 4) is 0 Å². The van der Waals surface area contributed by atoms with Crippen LogP contribution in [0.25, 0.3) is 0 Å². The van der Waals surface area contributed by atoms with E-state index in [1.165, 1.54) is 24.4 Å². The van der Waals surface area contributed by atoms with Gasteiger partial charge in [0.2, 0.25) is 0 Å². The number of carboxylic acids is 1. The highest BCUT2D eigenvalue weighted by molar-refractivity contribution is 5.91. The first kappa shape index (κ1) is 14.8. The van der Waals surface area contributed by atoms with Gasteiger partial charge in [-0.1, -0.05) is 50.1 Å². The van der Waals surface area contributed by atoms with E-state index in [2.05, 4.69) is 24.7 Å². The second-order valence-electron chi connectivity index (χ2n) is 3.17. The molecule has 1 atom stereocenters. The highest BCUT2D eigenvalue weighted by Crippen LogP contribution is 2.21. The van der Waals surface area contributed by atoms with Crippen LogP contribution in [-0.2, 0) is 4.79 Å². The molecule has 0 saturated carbocycles. The summed E-state index contributed by atoms with van der Waals surface area (Å²) in [4.78, 5) is 15.1. The third-order valence-corrected chi connectivity index (χ3v) is 2.05. The molecule has 0 fully saturated rings. The summed E-state index contributed by atoms with van der Waals surface area (Å²) in [6.07, 6.45) is 9.30. The molecule has 1 unspecified atom stereocenters. The van der Waals surface area contributed by atoms with E-state index in [4.69, 9.17) is 0 Å². The number of carbonyl (C=O) groups is 1. The number of allylic oxidation sites excluding steroid dienone is 5. The largest absolute Gasteiger partial charge is 0.481 e. The molecule has 0 radical (unpaired) electrons. The van der Waals surface area contributed by atoms with Crippen LogP contribution in [0.5, 0.6) is 0 Å². The Hall–Kier alpha value is -2.16. The zero-order valence-electron chi connectivity index (χ0n) is 9.97. The van der Waals surface area contributed by atoms with Crippen LogP contribution in [-0.4, -0.2) is 24.3 Å². The highest BCUT2D eigenvalue weighted by atomic mass is 16.4. The Labute approximate surface area is 102 Å². The van der Waals surface area contributed by atoms with E-state index >= 15 is 0 Å². The van der Waals surface area contributed by atoms with Crippen LogP contribution in [0, 0.1) is 5.92 Å². The smallest absolute Gasteiger partial charge is 0.315 e. The average Bonchev–Trinajstić information content (AvgIpc) is 2.28. The van der Waals surface area contributed by atoms with Crippen LogP contribution >= 0.6 is 0 Å². The maximum Gasteiger partial charge on any atom is 0.315 e. The number of rotatable bonds is 7. The van der Waals surface area contributed by atoms with Crippen molar-refractivity contribution in [2.45, 2.75) is 0 Å². The minimum Gasteiger partial charge on any atom is -0.481 e. The summed E-state index contributed by atoms with van der Waals surface area (Å²) >= 11 is 0. The average molecular weight is 231 g/mol. The van der Waals surface area contributed by atoms with E-state index < -0.39 is 11.9 Å². The molecule has 0 bridgehead atoms. The van der Waals surface area contributed by atoms with E-state index in [9.17, 15) is 9.90 Å². The number of carboxylic acid groups (broad SMARTS) is 1. The summed E-state index contributed by atoms with van der Waals surface area (Å²) < 4.78 is 0.